The van der Waals surface area contributed by atoms with Gasteiger partial charge in [0.2, 0.25) is 5.85 Å². The van der Waals surface area contributed by atoms with Gasteiger partial charge in [0.15, 0.2) is 25.0 Å². The molecule has 1 aromatic carbocycles. The molecule has 0 fully saturated rings. The fraction of sp³-hybridized carbons (Fsp3) is 0.556. The van der Waals surface area contributed by atoms with E-state index in [2.05, 4.69) is 31.5 Å². The van der Waals surface area contributed by atoms with Crippen molar-refractivity contribution in [2.75, 3.05) is 0 Å². The van der Waals surface area contributed by atoms with Gasteiger partial charge in [-0.05, 0) is 71.1 Å². The normalized spacial score (nSPS) is 14.5. The van der Waals surface area contributed by atoms with Crippen LogP contribution in [0.4, 0.5) is 0 Å². The molecule has 4 nitrogen and oxygen atoms in total. The quantitative estimate of drug-likeness (QED) is 0.298. The van der Waals surface area contributed by atoms with Gasteiger partial charge in [-0.15, -0.1) is 0 Å². The Bertz CT molecular complexity index is 672. The second-order valence-electron chi connectivity index (χ2n) is 9.17. The van der Waals surface area contributed by atoms with Crippen molar-refractivity contribution in [3.63, 3.8) is 0 Å². The van der Waals surface area contributed by atoms with Crippen LogP contribution in [0.2, 0.25) is 58.9 Å². The van der Waals surface area contributed by atoms with Gasteiger partial charge in [0.1, 0.15) is 0 Å². The molecule has 0 aliphatic rings. The molecule has 0 bridgehead atoms. The van der Waals surface area contributed by atoms with Gasteiger partial charge < -0.3 is 12.9 Å². The molecule has 0 N–H and O–H groups in total. The second-order valence-corrected chi connectivity index (χ2v) is 25.1. The summed E-state index contributed by atoms with van der Waals surface area (Å²) in [6, 6.07) is 9.63. The molecule has 146 valence electrons. The topological polar surface area (TPSA) is 44.8 Å². The molecule has 0 amide bonds. The van der Waals surface area contributed by atoms with Gasteiger partial charge >= 0.3 is 7.60 Å². The van der Waals surface area contributed by atoms with E-state index in [4.69, 9.17) is 12.9 Å². The molecule has 0 radical (unpaired) electrons. The fourth-order valence-corrected chi connectivity index (χ4v) is 11.8. The minimum Gasteiger partial charge on any atom is -0.395 e. The SMILES string of the molecule is C[Si](C)(C)OC(C#Cc1ccccc1)P(=O)(O[Si](C)(C)C)O[Si](C)(C)C. The molecule has 0 saturated carbocycles. The molecule has 0 aromatic heterocycles. The van der Waals surface area contributed by atoms with E-state index < -0.39 is 38.4 Å². The average Bonchev–Trinajstić information content (AvgIpc) is 2.39. The molecule has 0 aliphatic carbocycles. The maximum atomic E-state index is 13.9. The van der Waals surface area contributed by atoms with Crippen molar-refractivity contribution in [2.45, 2.75) is 64.8 Å². The van der Waals surface area contributed by atoms with Crippen molar-refractivity contribution >= 4 is 32.5 Å². The predicted molar refractivity (Wildman–Crippen MR) is 118 cm³/mol. The smallest absolute Gasteiger partial charge is 0.351 e. The third-order valence-corrected chi connectivity index (χ3v) is 11.0. The highest BCUT2D eigenvalue weighted by molar-refractivity contribution is 7.58. The lowest BCUT2D eigenvalue weighted by atomic mass is 10.2. The Labute approximate surface area is 162 Å². The lowest BCUT2D eigenvalue weighted by Crippen LogP contribution is -2.37. The molecule has 26 heavy (non-hydrogen) atoms. The summed E-state index contributed by atoms with van der Waals surface area (Å²) in [6.07, 6.45) is 0. The first-order valence-electron chi connectivity index (χ1n) is 8.85. The molecule has 0 spiro atoms. The van der Waals surface area contributed by atoms with Crippen LogP contribution in [0.15, 0.2) is 30.3 Å². The summed E-state index contributed by atoms with van der Waals surface area (Å²) in [6.45, 7) is 18.2. The van der Waals surface area contributed by atoms with Crippen molar-refractivity contribution < 1.29 is 17.4 Å². The van der Waals surface area contributed by atoms with Crippen LogP contribution in [0.3, 0.4) is 0 Å². The minimum absolute atomic E-state index is 0.851. The molecule has 0 aliphatic heterocycles. The summed E-state index contributed by atoms with van der Waals surface area (Å²) in [5.74, 6) is 5.29. The highest BCUT2D eigenvalue weighted by Crippen LogP contribution is 2.57. The molecular formula is C18H33O4PSi3. The third kappa shape index (κ3) is 9.47. The average molecular weight is 429 g/mol. The van der Waals surface area contributed by atoms with Crippen molar-refractivity contribution in [3.05, 3.63) is 35.9 Å². The van der Waals surface area contributed by atoms with Gasteiger partial charge in [-0.25, -0.2) is 0 Å². The van der Waals surface area contributed by atoms with Crippen LogP contribution in [-0.2, 0) is 17.4 Å². The van der Waals surface area contributed by atoms with Crippen molar-refractivity contribution in [2.24, 2.45) is 0 Å². The van der Waals surface area contributed by atoms with Crippen molar-refractivity contribution in [1.82, 2.24) is 0 Å². The Hall–Kier alpha value is -0.459. The summed E-state index contributed by atoms with van der Waals surface area (Å²) < 4.78 is 32.3. The van der Waals surface area contributed by atoms with Gasteiger partial charge in [0.25, 0.3) is 0 Å². The largest absolute Gasteiger partial charge is 0.395 e. The van der Waals surface area contributed by atoms with Crippen LogP contribution in [0.25, 0.3) is 0 Å². The third-order valence-electron chi connectivity index (χ3n) is 2.67. The van der Waals surface area contributed by atoms with Gasteiger partial charge in [-0.2, -0.15) is 0 Å². The van der Waals surface area contributed by atoms with E-state index in [1.165, 1.54) is 0 Å². The first-order chi connectivity index (χ1) is 11.6. The highest BCUT2D eigenvalue weighted by Gasteiger charge is 2.45. The molecule has 8 heteroatoms. The number of benzene rings is 1. The number of rotatable bonds is 7. The lowest BCUT2D eigenvalue weighted by molar-refractivity contribution is 0.263. The van der Waals surface area contributed by atoms with E-state index in [9.17, 15) is 4.57 Å². The Morgan fingerprint density at radius 1 is 0.808 bits per heavy atom. The van der Waals surface area contributed by atoms with Crippen molar-refractivity contribution in [1.29, 1.82) is 0 Å². The van der Waals surface area contributed by atoms with Crippen LogP contribution in [0.1, 0.15) is 5.56 Å². The summed E-state index contributed by atoms with van der Waals surface area (Å²) in [7, 11) is -9.84. The molecule has 1 atom stereocenters. The predicted octanol–water partition coefficient (Wildman–Crippen LogP) is 6.11. The van der Waals surface area contributed by atoms with Crippen LogP contribution < -0.4 is 0 Å². The van der Waals surface area contributed by atoms with Crippen LogP contribution in [0, 0.1) is 11.8 Å². The lowest BCUT2D eigenvalue weighted by Gasteiger charge is -2.35. The zero-order chi connectivity index (χ0) is 20.2. The summed E-state index contributed by atoms with van der Waals surface area (Å²) >= 11 is 0. The van der Waals surface area contributed by atoms with Gasteiger partial charge in [-0.1, -0.05) is 30.0 Å². The van der Waals surface area contributed by atoms with E-state index in [1.54, 1.807) is 0 Å². The summed E-state index contributed by atoms with van der Waals surface area (Å²) in [5.41, 5.74) is 0.851. The Morgan fingerprint density at radius 3 is 1.65 bits per heavy atom. The van der Waals surface area contributed by atoms with E-state index in [-0.39, 0.29) is 0 Å². The maximum absolute atomic E-state index is 13.9. The summed E-state index contributed by atoms with van der Waals surface area (Å²) in [5, 5.41) is 0. The molecule has 0 heterocycles. The minimum atomic E-state index is -3.54. The second kappa shape index (κ2) is 8.70. The summed E-state index contributed by atoms with van der Waals surface area (Å²) in [4.78, 5) is 0. The van der Waals surface area contributed by atoms with Crippen LogP contribution in [0.5, 0.6) is 0 Å². The number of hydrogen-bond donors (Lipinski definition) is 0. The van der Waals surface area contributed by atoms with E-state index in [1.807, 2.05) is 69.6 Å². The fourth-order valence-electron chi connectivity index (χ4n) is 2.05. The van der Waals surface area contributed by atoms with E-state index in [0.717, 1.165) is 5.56 Å². The van der Waals surface area contributed by atoms with Gasteiger partial charge in [-0.3, -0.25) is 4.57 Å². The maximum Gasteiger partial charge on any atom is 0.351 e. The molecular weight excluding hydrogens is 395 g/mol. The Balaban J connectivity index is 3.37. The first kappa shape index (κ1) is 23.6. The molecule has 1 aromatic rings. The molecule has 1 rings (SSSR count). The standard InChI is InChI=1S/C18H33O4PSi3/c1-24(2,3)20-18(16-15-17-13-11-10-12-14-17)23(19,21-25(4,5)6)22-26(7,8)9/h10-14,18H,1-9H3. The van der Waals surface area contributed by atoms with E-state index >= 15 is 0 Å². The van der Waals surface area contributed by atoms with Gasteiger partial charge in [0, 0.05) is 5.56 Å². The zero-order valence-electron chi connectivity index (χ0n) is 17.5. The highest BCUT2D eigenvalue weighted by atomic mass is 31.2. The Kier molecular flexibility index (Phi) is 7.89. The Morgan fingerprint density at radius 2 is 1.27 bits per heavy atom. The van der Waals surface area contributed by atoms with Crippen LogP contribution >= 0.6 is 7.60 Å². The van der Waals surface area contributed by atoms with Crippen molar-refractivity contribution in [3.8, 4) is 11.8 Å². The van der Waals surface area contributed by atoms with Crippen LogP contribution in [-0.4, -0.2) is 30.8 Å². The number of hydrogen-bond acceptors (Lipinski definition) is 4. The molecule has 0 saturated heterocycles. The van der Waals surface area contributed by atoms with E-state index in [0.29, 0.717) is 0 Å². The first-order valence-corrected chi connectivity index (χ1v) is 20.7. The van der Waals surface area contributed by atoms with Gasteiger partial charge in [0.05, 0.1) is 0 Å². The molecule has 1 unspecified atom stereocenters. The zero-order valence-corrected chi connectivity index (χ0v) is 21.4. The monoisotopic (exact) mass is 428 g/mol.